The van der Waals surface area contributed by atoms with Crippen LogP contribution < -0.4 is 9.47 Å². The Kier molecular flexibility index (Phi) is 6.32. The second kappa shape index (κ2) is 9.68. The van der Waals surface area contributed by atoms with Crippen LogP contribution in [-0.4, -0.2) is 57.6 Å². The summed E-state index contributed by atoms with van der Waals surface area (Å²) < 4.78 is 13.7. The minimum absolute atomic E-state index is 0.0113. The average molecular weight is 479 g/mol. The SMILES string of the molecule is CN(C[C@H]1COc2ccccc2O1)C(=O)CSc1nnc(-c2cccs2)n1-c1ccccc1. The Morgan fingerprint density at radius 1 is 1.09 bits per heavy atom. The van der Waals surface area contributed by atoms with Gasteiger partial charge in [-0.15, -0.1) is 21.5 Å². The van der Waals surface area contributed by atoms with Crippen molar-refractivity contribution in [2.24, 2.45) is 0 Å². The van der Waals surface area contributed by atoms with Gasteiger partial charge in [-0.25, -0.2) is 0 Å². The zero-order chi connectivity index (χ0) is 22.6. The third kappa shape index (κ3) is 4.74. The molecular weight excluding hydrogens is 456 g/mol. The number of carbonyl (C=O) groups excluding carboxylic acids is 1. The highest BCUT2D eigenvalue weighted by Gasteiger charge is 2.24. The first-order valence-electron chi connectivity index (χ1n) is 10.5. The number of amides is 1. The molecule has 0 bridgehead atoms. The maximum absolute atomic E-state index is 12.9. The summed E-state index contributed by atoms with van der Waals surface area (Å²) in [6.07, 6.45) is -0.211. The Hall–Kier alpha value is -3.30. The van der Waals surface area contributed by atoms with Crippen molar-refractivity contribution in [3.8, 4) is 27.9 Å². The maximum Gasteiger partial charge on any atom is 0.232 e. The number of para-hydroxylation sites is 3. The molecule has 1 aliphatic rings. The smallest absolute Gasteiger partial charge is 0.232 e. The highest BCUT2D eigenvalue weighted by atomic mass is 32.2. The quantitative estimate of drug-likeness (QED) is 0.367. The summed E-state index contributed by atoms with van der Waals surface area (Å²) in [4.78, 5) is 15.6. The molecule has 1 atom stereocenters. The predicted molar refractivity (Wildman–Crippen MR) is 129 cm³/mol. The van der Waals surface area contributed by atoms with Gasteiger partial charge in [0.2, 0.25) is 5.91 Å². The molecule has 2 aromatic carbocycles. The van der Waals surface area contributed by atoms with Gasteiger partial charge in [-0.3, -0.25) is 9.36 Å². The van der Waals surface area contributed by atoms with Gasteiger partial charge in [0.25, 0.3) is 0 Å². The second-order valence-corrected chi connectivity index (χ2v) is 9.41. The highest BCUT2D eigenvalue weighted by Crippen LogP contribution is 2.32. The van der Waals surface area contributed by atoms with Crippen LogP contribution in [0.3, 0.4) is 0 Å². The van der Waals surface area contributed by atoms with Gasteiger partial charge in [-0.05, 0) is 35.7 Å². The molecule has 0 spiro atoms. The summed E-state index contributed by atoms with van der Waals surface area (Å²) in [5.74, 6) is 2.45. The van der Waals surface area contributed by atoms with Crippen molar-refractivity contribution in [3.05, 3.63) is 72.1 Å². The first-order chi connectivity index (χ1) is 16.2. The fourth-order valence-electron chi connectivity index (χ4n) is 3.54. The molecular formula is C24H22N4O3S2. The number of rotatable bonds is 7. The van der Waals surface area contributed by atoms with Gasteiger partial charge in [-0.1, -0.05) is 48.2 Å². The molecule has 0 radical (unpaired) electrons. The lowest BCUT2D eigenvalue weighted by Gasteiger charge is -2.29. The molecule has 7 nitrogen and oxygen atoms in total. The van der Waals surface area contributed by atoms with Crippen molar-refractivity contribution < 1.29 is 14.3 Å². The van der Waals surface area contributed by atoms with Gasteiger partial charge in [-0.2, -0.15) is 0 Å². The molecule has 3 heterocycles. The van der Waals surface area contributed by atoms with E-state index < -0.39 is 0 Å². The molecule has 168 valence electrons. The molecule has 1 amide bonds. The highest BCUT2D eigenvalue weighted by molar-refractivity contribution is 7.99. The van der Waals surface area contributed by atoms with E-state index in [1.54, 1.807) is 23.3 Å². The number of aromatic nitrogens is 3. The minimum atomic E-state index is -0.211. The number of fused-ring (bicyclic) bond motifs is 1. The Balaban J connectivity index is 1.26. The van der Waals surface area contributed by atoms with E-state index in [4.69, 9.17) is 9.47 Å². The van der Waals surface area contributed by atoms with E-state index in [2.05, 4.69) is 10.2 Å². The molecule has 0 unspecified atom stereocenters. The van der Waals surface area contributed by atoms with Crippen LogP contribution in [0, 0.1) is 0 Å². The summed E-state index contributed by atoms with van der Waals surface area (Å²) >= 11 is 2.99. The normalized spacial score (nSPS) is 14.8. The first kappa shape index (κ1) is 21.5. The lowest BCUT2D eigenvalue weighted by molar-refractivity contribution is -0.128. The third-order valence-corrected chi connectivity index (χ3v) is 6.96. The van der Waals surface area contributed by atoms with Crippen molar-refractivity contribution in [3.63, 3.8) is 0 Å². The van der Waals surface area contributed by atoms with Crippen LogP contribution in [0.25, 0.3) is 16.4 Å². The Morgan fingerprint density at radius 2 is 1.88 bits per heavy atom. The van der Waals surface area contributed by atoms with E-state index >= 15 is 0 Å². The van der Waals surface area contributed by atoms with Crippen LogP contribution in [0.4, 0.5) is 0 Å². The number of nitrogens with zero attached hydrogens (tertiary/aromatic N) is 4. The van der Waals surface area contributed by atoms with Gasteiger partial charge >= 0.3 is 0 Å². The average Bonchev–Trinajstić information content (AvgIpc) is 3.53. The molecule has 1 aliphatic heterocycles. The van der Waals surface area contributed by atoms with E-state index in [-0.39, 0.29) is 17.8 Å². The van der Waals surface area contributed by atoms with Crippen molar-refractivity contribution >= 4 is 29.0 Å². The Morgan fingerprint density at radius 3 is 2.67 bits per heavy atom. The van der Waals surface area contributed by atoms with Gasteiger partial charge in [0.1, 0.15) is 6.61 Å². The largest absolute Gasteiger partial charge is 0.486 e. The van der Waals surface area contributed by atoms with Crippen molar-refractivity contribution in [2.75, 3.05) is 26.0 Å². The summed E-state index contributed by atoms with van der Waals surface area (Å²) in [7, 11) is 1.78. The Bertz CT molecular complexity index is 1230. The van der Waals surface area contributed by atoms with Crippen LogP contribution in [0.5, 0.6) is 11.5 Å². The molecule has 33 heavy (non-hydrogen) atoms. The van der Waals surface area contributed by atoms with Crippen LogP contribution in [0.15, 0.2) is 77.3 Å². The molecule has 0 N–H and O–H groups in total. The monoisotopic (exact) mass is 478 g/mol. The molecule has 9 heteroatoms. The zero-order valence-corrected chi connectivity index (χ0v) is 19.6. The third-order valence-electron chi connectivity index (χ3n) is 5.18. The number of thiophene rings is 1. The number of thioether (sulfide) groups is 1. The number of hydrogen-bond acceptors (Lipinski definition) is 7. The molecule has 0 fully saturated rings. The first-order valence-corrected chi connectivity index (χ1v) is 12.4. The summed E-state index contributed by atoms with van der Waals surface area (Å²) in [6, 6.07) is 21.5. The van der Waals surface area contributed by atoms with E-state index in [0.717, 1.165) is 22.1 Å². The lowest BCUT2D eigenvalue weighted by atomic mass is 10.2. The van der Waals surface area contributed by atoms with Crippen LogP contribution in [0.1, 0.15) is 0 Å². The summed E-state index contributed by atoms with van der Waals surface area (Å²) in [5.41, 5.74) is 0.959. The molecule has 4 aromatic rings. The summed E-state index contributed by atoms with van der Waals surface area (Å²) in [6.45, 7) is 0.855. The van der Waals surface area contributed by atoms with Crippen molar-refractivity contribution in [2.45, 2.75) is 11.3 Å². The lowest BCUT2D eigenvalue weighted by Crippen LogP contribution is -2.42. The molecule has 5 rings (SSSR count). The van der Waals surface area contributed by atoms with E-state index in [1.165, 1.54) is 11.8 Å². The summed E-state index contributed by atoms with van der Waals surface area (Å²) in [5, 5.41) is 11.5. The molecule has 0 saturated carbocycles. The molecule has 0 saturated heterocycles. The van der Waals surface area contributed by atoms with Crippen LogP contribution in [0.2, 0.25) is 0 Å². The number of hydrogen-bond donors (Lipinski definition) is 0. The zero-order valence-electron chi connectivity index (χ0n) is 18.0. The molecule has 0 aliphatic carbocycles. The van der Waals surface area contributed by atoms with Gasteiger partial charge in [0.05, 0.1) is 17.2 Å². The Labute approximate surface area is 200 Å². The van der Waals surface area contributed by atoms with E-state index in [9.17, 15) is 4.79 Å². The predicted octanol–water partition coefficient (Wildman–Crippen LogP) is 4.39. The van der Waals surface area contributed by atoms with Crippen molar-refractivity contribution in [1.29, 1.82) is 0 Å². The van der Waals surface area contributed by atoms with Crippen LogP contribution >= 0.6 is 23.1 Å². The van der Waals surface area contributed by atoms with Crippen molar-refractivity contribution in [1.82, 2.24) is 19.7 Å². The topological polar surface area (TPSA) is 69.5 Å². The van der Waals surface area contributed by atoms with Gasteiger partial charge < -0.3 is 14.4 Å². The van der Waals surface area contributed by atoms with E-state index in [1.807, 2.05) is 76.7 Å². The minimum Gasteiger partial charge on any atom is -0.486 e. The number of benzene rings is 2. The number of likely N-dealkylation sites (N-methyl/N-ethyl adjacent to an activating group) is 1. The standard InChI is InChI=1S/C24H22N4O3S2/c1-27(14-18-15-30-19-10-5-6-11-20(19)31-18)22(29)16-33-24-26-25-23(21-12-7-13-32-21)28(24)17-8-3-2-4-9-17/h2-13,18H,14-16H2,1H3/t18-/m0/s1. The van der Waals surface area contributed by atoms with Gasteiger partial charge in [0.15, 0.2) is 28.6 Å². The van der Waals surface area contributed by atoms with E-state index in [0.29, 0.717) is 24.1 Å². The second-order valence-electron chi connectivity index (χ2n) is 7.51. The maximum atomic E-state index is 12.9. The van der Waals surface area contributed by atoms with Crippen LogP contribution in [-0.2, 0) is 4.79 Å². The fourth-order valence-corrected chi connectivity index (χ4v) is 5.13. The number of ether oxygens (including phenoxy) is 2. The fraction of sp³-hybridized carbons (Fsp3) is 0.208. The number of carbonyl (C=O) groups is 1. The molecule has 2 aromatic heterocycles. The van der Waals surface area contributed by atoms with Gasteiger partial charge in [0, 0.05) is 12.7 Å².